The molecule has 152 valence electrons. The van der Waals surface area contributed by atoms with Gasteiger partial charge in [0.15, 0.2) is 5.58 Å². The van der Waals surface area contributed by atoms with Crippen LogP contribution in [0.25, 0.3) is 28.1 Å². The van der Waals surface area contributed by atoms with Gasteiger partial charge in [-0.2, -0.15) is 0 Å². The van der Waals surface area contributed by atoms with Crippen molar-refractivity contribution in [3.63, 3.8) is 0 Å². The summed E-state index contributed by atoms with van der Waals surface area (Å²) in [6, 6.07) is 12.3. The smallest absolute Gasteiger partial charge is 0.226 e. The number of aryl methyl sites for hydroxylation is 4. The van der Waals surface area contributed by atoms with Gasteiger partial charge in [0.05, 0.1) is 16.7 Å². The molecule has 0 spiro atoms. The number of benzene rings is 1. The predicted molar refractivity (Wildman–Crippen MR) is 118 cm³/mol. The molecule has 0 aliphatic carbocycles. The molecule has 1 aromatic carbocycles. The Morgan fingerprint density at radius 3 is 2.67 bits per heavy atom. The summed E-state index contributed by atoms with van der Waals surface area (Å²) in [5.41, 5.74) is 6.00. The van der Waals surface area contributed by atoms with E-state index in [4.69, 9.17) is 13.8 Å². The van der Waals surface area contributed by atoms with Crippen molar-refractivity contribution >= 4 is 28.4 Å². The molecule has 0 saturated heterocycles. The van der Waals surface area contributed by atoms with Gasteiger partial charge in [-0.25, -0.2) is 4.98 Å². The van der Waals surface area contributed by atoms with E-state index in [0.717, 1.165) is 56.7 Å². The number of hydrogen-bond donors (Lipinski definition) is 0. The fourth-order valence-corrected chi connectivity index (χ4v) is 4.62. The number of nitrogens with zero attached hydrogens (tertiary/aromatic N) is 4. The van der Waals surface area contributed by atoms with Gasteiger partial charge in [0, 0.05) is 29.9 Å². The average Bonchev–Trinajstić information content (AvgIpc) is 3.38. The highest BCUT2D eigenvalue weighted by atomic mass is 32.2. The van der Waals surface area contributed by atoms with Crippen LogP contribution in [0.2, 0.25) is 0 Å². The third kappa shape index (κ3) is 3.19. The fraction of sp³-hybridized carbons (Fsp3) is 0.261. The Hall–Kier alpha value is -3.06. The summed E-state index contributed by atoms with van der Waals surface area (Å²) < 4.78 is 13.9. The Morgan fingerprint density at radius 1 is 1.00 bits per heavy atom. The lowest BCUT2D eigenvalue weighted by atomic mass is 10.1. The molecule has 0 amide bonds. The molecule has 30 heavy (non-hydrogen) atoms. The third-order valence-corrected chi connectivity index (χ3v) is 6.15. The van der Waals surface area contributed by atoms with Crippen molar-refractivity contribution < 1.29 is 8.83 Å². The topological polar surface area (TPSA) is 69.4 Å². The molecule has 0 bridgehead atoms. The molecule has 0 radical (unpaired) electrons. The molecule has 0 atom stereocenters. The standard InChI is InChI=1S/C23H22N4O2S/c1-5-21-25-26-23(19-11-20-18(27(19)21)10-14(3)28-20)30-12-17-15(4)29-22(24-17)16-8-6-7-13(2)9-16/h6-11H,5,12H2,1-4H3. The molecule has 4 aromatic heterocycles. The van der Waals surface area contributed by atoms with Gasteiger partial charge in [-0.05, 0) is 32.9 Å². The van der Waals surface area contributed by atoms with E-state index in [1.54, 1.807) is 11.8 Å². The summed E-state index contributed by atoms with van der Waals surface area (Å²) in [6.07, 6.45) is 0.796. The van der Waals surface area contributed by atoms with E-state index in [0.29, 0.717) is 11.6 Å². The minimum absolute atomic E-state index is 0.653. The number of furan rings is 1. The molecule has 0 N–H and O–H groups in total. The van der Waals surface area contributed by atoms with Crippen molar-refractivity contribution in [3.05, 3.63) is 65.0 Å². The van der Waals surface area contributed by atoms with Crippen LogP contribution < -0.4 is 0 Å². The molecule has 0 aliphatic heterocycles. The zero-order valence-corrected chi connectivity index (χ0v) is 18.2. The normalized spacial score (nSPS) is 11.7. The summed E-state index contributed by atoms with van der Waals surface area (Å²) >= 11 is 1.61. The van der Waals surface area contributed by atoms with Crippen LogP contribution in [-0.2, 0) is 12.2 Å². The second-order valence-electron chi connectivity index (χ2n) is 7.43. The molecule has 4 heterocycles. The number of rotatable bonds is 5. The van der Waals surface area contributed by atoms with E-state index in [-0.39, 0.29) is 0 Å². The first kappa shape index (κ1) is 18.9. The Balaban J connectivity index is 1.48. The van der Waals surface area contributed by atoms with Gasteiger partial charge < -0.3 is 8.83 Å². The lowest BCUT2D eigenvalue weighted by Crippen LogP contribution is -2.03. The monoisotopic (exact) mass is 418 g/mol. The van der Waals surface area contributed by atoms with E-state index in [1.807, 2.05) is 38.1 Å². The quantitative estimate of drug-likeness (QED) is 0.331. The predicted octanol–water partition coefficient (Wildman–Crippen LogP) is 5.91. The maximum Gasteiger partial charge on any atom is 0.226 e. The molecule has 0 aliphatic rings. The van der Waals surface area contributed by atoms with Crippen molar-refractivity contribution in [2.75, 3.05) is 0 Å². The first-order valence-electron chi connectivity index (χ1n) is 9.96. The lowest BCUT2D eigenvalue weighted by molar-refractivity contribution is 0.540. The van der Waals surface area contributed by atoms with Crippen molar-refractivity contribution in [2.45, 2.75) is 44.9 Å². The highest BCUT2D eigenvalue weighted by Gasteiger charge is 2.18. The zero-order chi connectivity index (χ0) is 20.8. The van der Waals surface area contributed by atoms with Crippen molar-refractivity contribution in [1.82, 2.24) is 19.6 Å². The number of thioether (sulfide) groups is 1. The number of oxazole rings is 1. The van der Waals surface area contributed by atoms with Crippen LogP contribution in [-0.4, -0.2) is 19.6 Å². The molecular weight excluding hydrogens is 396 g/mol. The van der Waals surface area contributed by atoms with Gasteiger partial charge in [0.2, 0.25) is 5.89 Å². The van der Waals surface area contributed by atoms with Gasteiger partial charge in [0.1, 0.15) is 22.4 Å². The maximum atomic E-state index is 5.94. The zero-order valence-electron chi connectivity index (χ0n) is 17.4. The summed E-state index contributed by atoms with van der Waals surface area (Å²) in [4.78, 5) is 4.73. The fourth-order valence-electron chi connectivity index (χ4n) is 3.68. The van der Waals surface area contributed by atoms with Crippen LogP contribution in [0.1, 0.15) is 35.5 Å². The Labute approximate surface area is 178 Å². The Kier molecular flexibility index (Phi) is 4.62. The van der Waals surface area contributed by atoms with Gasteiger partial charge in [-0.15, -0.1) is 10.2 Å². The van der Waals surface area contributed by atoms with Crippen molar-refractivity contribution in [3.8, 4) is 11.5 Å². The molecule has 7 heteroatoms. The number of aromatic nitrogens is 4. The van der Waals surface area contributed by atoms with Crippen molar-refractivity contribution in [1.29, 1.82) is 0 Å². The van der Waals surface area contributed by atoms with E-state index in [1.165, 1.54) is 5.56 Å². The van der Waals surface area contributed by atoms with E-state index in [9.17, 15) is 0 Å². The Bertz CT molecular complexity index is 1380. The lowest BCUT2D eigenvalue weighted by Gasteiger charge is -2.06. The summed E-state index contributed by atoms with van der Waals surface area (Å²) in [6.45, 7) is 8.06. The minimum atomic E-state index is 0.653. The highest BCUT2D eigenvalue weighted by molar-refractivity contribution is 7.98. The van der Waals surface area contributed by atoms with Crippen LogP contribution in [0, 0.1) is 20.8 Å². The molecule has 0 fully saturated rings. The van der Waals surface area contributed by atoms with Gasteiger partial charge in [0.25, 0.3) is 0 Å². The van der Waals surface area contributed by atoms with Crippen LogP contribution >= 0.6 is 11.8 Å². The summed E-state index contributed by atoms with van der Waals surface area (Å²) in [7, 11) is 0. The Morgan fingerprint density at radius 2 is 1.87 bits per heavy atom. The molecular formula is C23H22N4O2S. The first-order valence-corrected chi connectivity index (χ1v) is 11.0. The minimum Gasteiger partial charge on any atom is -0.460 e. The van der Waals surface area contributed by atoms with Crippen LogP contribution in [0.4, 0.5) is 0 Å². The molecule has 6 nitrogen and oxygen atoms in total. The van der Waals surface area contributed by atoms with Crippen LogP contribution in [0.15, 0.2) is 50.3 Å². The molecule has 5 rings (SSSR count). The molecule has 0 unspecified atom stereocenters. The number of hydrogen-bond acceptors (Lipinski definition) is 6. The molecule has 0 saturated carbocycles. The third-order valence-electron chi connectivity index (χ3n) is 5.17. The van der Waals surface area contributed by atoms with E-state index in [2.05, 4.69) is 40.6 Å². The maximum absolute atomic E-state index is 5.94. The van der Waals surface area contributed by atoms with Gasteiger partial charge in [-0.1, -0.05) is 36.4 Å². The highest BCUT2D eigenvalue weighted by Crippen LogP contribution is 2.32. The number of fused-ring (bicyclic) bond motifs is 3. The summed E-state index contributed by atoms with van der Waals surface area (Å²) in [5.74, 6) is 3.95. The van der Waals surface area contributed by atoms with E-state index < -0.39 is 0 Å². The van der Waals surface area contributed by atoms with Crippen LogP contribution in [0.5, 0.6) is 0 Å². The second-order valence-corrected chi connectivity index (χ2v) is 8.39. The van der Waals surface area contributed by atoms with Gasteiger partial charge >= 0.3 is 0 Å². The van der Waals surface area contributed by atoms with Crippen molar-refractivity contribution in [2.24, 2.45) is 0 Å². The second kappa shape index (κ2) is 7.32. The van der Waals surface area contributed by atoms with Gasteiger partial charge in [-0.3, -0.25) is 4.40 Å². The van der Waals surface area contributed by atoms with E-state index >= 15 is 0 Å². The summed E-state index contributed by atoms with van der Waals surface area (Å²) in [5, 5.41) is 9.81. The average molecular weight is 419 g/mol. The largest absolute Gasteiger partial charge is 0.460 e. The molecule has 5 aromatic rings. The first-order chi connectivity index (χ1) is 14.5. The van der Waals surface area contributed by atoms with Crippen LogP contribution in [0.3, 0.4) is 0 Å². The SMILES string of the molecule is CCc1nnc(SCc2nc(-c3cccc(C)c3)oc2C)c2cc3oc(C)cc3n12.